The molecule has 0 amide bonds. The van der Waals surface area contributed by atoms with E-state index in [-0.39, 0.29) is 0 Å². The molecule has 2 N–H and O–H groups in total. The second-order valence-electron chi connectivity index (χ2n) is 4.03. The number of hydrogen-bond acceptors (Lipinski definition) is 4. The van der Waals surface area contributed by atoms with Crippen molar-refractivity contribution in [3.05, 3.63) is 0 Å². The highest BCUT2D eigenvalue weighted by molar-refractivity contribution is 4.81. The van der Waals surface area contributed by atoms with Crippen molar-refractivity contribution in [2.24, 2.45) is 5.73 Å². The van der Waals surface area contributed by atoms with Gasteiger partial charge in [-0.1, -0.05) is 0 Å². The summed E-state index contributed by atoms with van der Waals surface area (Å²) in [6.45, 7) is 6.12. The van der Waals surface area contributed by atoms with Crippen LogP contribution in [0.3, 0.4) is 0 Å². The van der Waals surface area contributed by atoms with Crippen LogP contribution in [0.5, 0.6) is 0 Å². The highest BCUT2D eigenvalue weighted by Crippen LogP contribution is 2.07. The number of likely N-dealkylation sites (N-methyl/N-ethyl adjacent to an activating group) is 1. The highest BCUT2D eigenvalue weighted by atomic mass is 16.5. The van der Waals surface area contributed by atoms with Gasteiger partial charge in [0.05, 0.1) is 0 Å². The maximum absolute atomic E-state index is 5.76. The topological polar surface area (TPSA) is 41.7 Å². The summed E-state index contributed by atoms with van der Waals surface area (Å²) in [6, 6.07) is 0.533. The number of hydrogen-bond donors (Lipinski definition) is 1. The summed E-state index contributed by atoms with van der Waals surface area (Å²) in [5.74, 6) is 0. The lowest BCUT2D eigenvalue weighted by molar-refractivity contribution is 0.0831. The first-order valence-corrected chi connectivity index (χ1v) is 5.39. The van der Waals surface area contributed by atoms with E-state index in [1.54, 1.807) is 7.11 Å². The van der Waals surface area contributed by atoms with Gasteiger partial charge in [-0.15, -0.1) is 0 Å². The van der Waals surface area contributed by atoms with Gasteiger partial charge in [0.25, 0.3) is 0 Å². The van der Waals surface area contributed by atoms with Gasteiger partial charge in [0.1, 0.15) is 0 Å². The van der Waals surface area contributed by atoms with Crippen molar-refractivity contribution in [2.75, 3.05) is 53.5 Å². The molecule has 0 aromatic heterocycles. The summed E-state index contributed by atoms with van der Waals surface area (Å²) < 4.78 is 5.05. The number of ether oxygens (including phenoxy) is 1. The fourth-order valence-electron chi connectivity index (χ4n) is 1.98. The van der Waals surface area contributed by atoms with Gasteiger partial charge in [-0.05, 0) is 13.5 Å². The minimum Gasteiger partial charge on any atom is -0.385 e. The number of nitrogens with zero attached hydrogens (tertiary/aromatic N) is 2. The molecule has 1 atom stereocenters. The first-order valence-electron chi connectivity index (χ1n) is 5.39. The third-order valence-corrected chi connectivity index (χ3v) is 2.87. The Morgan fingerprint density at radius 2 is 2.21 bits per heavy atom. The molecule has 0 aliphatic carbocycles. The van der Waals surface area contributed by atoms with Gasteiger partial charge in [-0.3, -0.25) is 4.90 Å². The third-order valence-electron chi connectivity index (χ3n) is 2.87. The maximum Gasteiger partial charge on any atom is 0.0474 e. The SMILES string of the molecule is COCCCN1CCN(C)CC1CN. The van der Waals surface area contributed by atoms with Crippen LogP contribution in [-0.4, -0.2) is 69.3 Å². The van der Waals surface area contributed by atoms with Gasteiger partial charge in [0, 0.05) is 52.5 Å². The van der Waals surface area contributed by atoms with E-state index in [2.05, 4.69) is 16.8 Å². The summed E-state index contributed by atoms with van der Waals surface area (Å²) in [4.78, 5) is 4.84. The van der Waals surface area contributed by atoms with Crippen molar-refractivity contribution in [1.82, 2.24) is 9.80 Å². The minimum absolute atomic E-state index is 0.533. The average Bonchev–Trinajstić information content (AvgIpc) is 2.20. The molecule has 84 valence electrons. The molecule has 0 aromatic rings. The Hall–Kier alpha value is -0.160. The molecule has 1 aliphatic rings. The second kappa shape index (κ2) is 6.35. The fourth-order valence-corrected chi connectivity index (χ4v) is 1.98. The first-order chi connectivity index (χ1) is 6.77. The van der Waals surface area contributed by atoms with E-state index >= 15 is 0 Å². The first kappa shape index (κ1) is 11.9. The molecule has 4 heteroatoms. The number of nitrogens with two attached hydrogens (primary N) is 1. The van der Waals surface area contributed by atoms with Crippen LogP contribution < -0.4 is 5.73 Å². The maximum atomic E-state index is 5.76. The molecule has 4 nitrogen and oxygen atoms in total. The lowest BCUT2D eigenvalue weighted by Gasteiger charge is -2.39. The molecule has 14 heavy (non-hydrogen) atoms. The summed E-state index contributed by atoms with van der Waals surface area (Å²) in [5, 5.41) is 0. The molecule has 1 aliphatic heterocycles. The van der Waals surface area contributed by atoms with Crippen LogP contribution in [0.2, 0.25) is 0 Å². The molecule has 1 fully saturated rings. The van der Waals surface area contributed by atoms with Crippen LogP contribution in [0.25, 0.3) is 0 Å². The summed E-state index contributed by atoms with van der Waals surface area (Å²) in [6.07, 6.45) is 1.11. The van der Waals surface area contributed by atoms with Gasteiger partial charge in [0.2, 0.25) is 0 Å². The van der Waals surface area contributed by atoms with Crippen LogP contribution in [0.4, 0.5) is 0 Å². The van der Waals surface area contributed by atoms with E-state index in [0.29, 0.717) is 6.04 Å². The number of methoxy groups -OCH3 is 1. The zero-order valence-corrected chi connectivity index (χ0v) is 9.41. The van der Waals surface area contributed by atoms with E-state index in [1.807, 2.05) is 0 Å². The van der Waals surface area contributed by atoms with E-state index in [1.165, 1.54) is 0 Å². The van der Waals surface area contributed by atoms with Crippen molar-refractivity contribution in [3.8, 4) is 0 Å². The third kappa shape index (κ3) is 3.53. The fraction of sp³-hybridized carbons (Fsp3) is 1.00. The molecule has 1 heterocycles. The van der Waals surface area contributed by atoms with Crippen LogP contribution >= 0.6 is 0 Å². The van der Waals surface area contributed by atoms with Gasteiger partial charge in [-0.25, -0.2) is 0 Å². The standard InChI is InChI=1S/C10H23N3O/c1-12-5-6-13(4-3-7-14-2)10(8-11)9-12/h10H,3-9,11H2,1-2H3. The molecule has 0 spiro atoms. The van der Waals surface area contributed by atoms with Crippen LogP contribution in [-0.2, 0) is 4.74 Å². The van der Waals surface area contributed by atoms with E-state index in [9.17, 15) is 0 Å². The molecule has 0 saturated carbocycles. The van der Waals surface area contributed by atoms with Gasteiger partial charge in [0.15, 0.2) is 0 Å². The molecular formula is C10H23N3O. The molecule has 1 rings (SSSR count). The van der Waals surface area contributed by atoms with E-state index in [4.69, 9.17) is 10.5 Å². The average molecular weight is 201 g/mol. The molecule has 0 radical (unpaired) electrons. The molecular weight excluding hydrogens is 178 g/mol. The Morgan fingerprint density at radius 3 is 2.86 bits per heavy atom. The van der Waals surface area contributed by atoms with Crippen molar-refractivity contribution in [2.45, 2.75) is 12.5 Å². The van der Waals surface area contributed by atoms with Crippen LogP contribution in [0, 0.1) is 0 Å². The Morgan fingerprint density at radius 1 is 1.43 bits per heavy atom. The monoisotopic (exact) mass is 201 g/mol. The van der Waals surface area contributed by atoms with Crippen molar-refractivity contribution < 1.29 is 4.74 Å². The van der Waals surface area contributed by atoms with Crippen molar-refractivity contribution in [3.63, 3.8) is 0 Å². The quantitative estimate of drug-likeness (QED) is 0.615. The highest BCUT2D eigenvalue weighted by Gasteiger charge is 2.22. The van der Waals surface area contributed by atoms with Crippen molar-refractivity contribution in [1.29, 1.82) is 0 Å². The zero-order valence-electron chi connectivity index (χ0n) is 9.41. The van der Waals surface area contributed by atoms with E-state index in [0.717, 1.165) is 45.8 Å². The Labute approximate surface area is 87.0 Å². The summed E-state index contributed by atoms with van der Waals surface area (Å²) in [7, 11) is 3.92. The number of piperazine rings is 1. The second-order valence-corrected chi connectivity index (χ2v) is 4.03. The largest absolute Gasteiger partial charge is 0.385 e. The number of rotatable bonds is 5. The van der Waals surface area contributed by atoms with Gasteiger partial charge in [-0.2, -0.15) is 0 Å². The predicted octanol–water partition coefficient (Wildman–Crippen LogP) is -0.402. The molecule has 0 bridgehead atoms. The molecule has 1 unspecified atom stereocenters. The van der Waals surface area contributed by atoms with Gasteiger partial charge >= 0.3 is 0 Å². The molecule has 0 aromatic carbocycles. The minimum atomic E-state index is 0.533. The Kier molecular flexibility index (Phi) is 5.40. The molecule has 1 saturated heterocycles. The van der Waals surface area contributed by atoms with Crippen LogP contribution in [0.15, 0.2) is 0 Å². The Bertz CT molecular complexity index is 154. The zero-order chi connectivity index (χ0) is 10.4. The smallest absolute Gasteiger partial charge is 0.0474 e. The van der Waals surface area contributed by atoms with Gasteiger partial charge < -0.3 is 15.4 Å². The summed E-state index contributed by atoms with van der Waals surface area (Å²) >= 11 is 0. The lowest BCUT2D eigenvalue weighted by Crippen LogP contribution is -2.55. The van der Waals surface area contributed by atoms with Crippen molar-refractivity contribution >= 4 is 0 Å². The summed E-state index contributed by atoms with van der Waals surface area (Å²) in [5.41, 5.74) is 5.76. The van der Waals surface area contributed by atoms with Crippen LogP contribution in [0.1, 0.15) is 6.42 Å². The van der Waals surface area contributed by atoms with E-state index < -0.39 is 0 Å². The predicted molar refractivity (Wildman–Crippen MR) is 58.4 cm³/mol. The lowest BCUT2D eigenvalue weighted by atomic mass is 10.1. The normalized spacial score (nSPS) is 25.5. The Balaban J connectivity index is 2.27.